The van der Waals surface area contributed by atoms with Crippen LogP contribution >= 0.6 is 0 Å². The van der Waals surface area contributed by atoms with Crippen molar-refractivity contribution in [2.45, 2.75) is 38.9 Å². The van der Waals surface area contributed by atoms with Crippen molar-refractivity contribution < 1.29 is 9.47 Å². The SMILES string of the molecule is CCOC(CN)CCN1CCC(C)C(OC)C1. The Labute approximate surface area is 105 Å². The summed E-state index contributed by atoms with van der Waals surface area (Å²) in [4.78, 5) is 2.47. The fraction of sp³-hybridized carbons (Fsp3) is 1.00. The molecule has 1 heterocycles. The quantitative estimate of drug-likeness (QED) is 0.728. The fourth-order valence-electron chi connectivity index (χ4n) is 2.44. The molecule has 0 radical (unpaired) electrons. The summed E-state index contributed by atoms with van der Waals surface area (Å²) in [6, 6.07) is 0. The second-order valence-corrected chi connectivity index (χ2v) is 4.94. The van der Waals surface area contributed by atoms with Gasteiger partial charge in [-0.1, -0.05) is 6.92 Å². The summed E-state index contributed by atoms with van der Waals surface area (Å²) < 4.78 is 11.1. The number of hydrogen-bond acceptors (Lipinski definition) is 4. The van der Waals surface area contributed by atoms with Gasteiger partial charge in [-0.05, 0) is 32.2 Å². The molecule has 0 bridgehead atoms. The number of nitrogens with zero attached hydrogens (tertiary/aromatic N) is 1. The largest absolute Gasteiger partial charge is 0.380 e. The molecule has 0 aromatic heterocycles. The van der Waals surface area contributed by atoms with Crippen LogP contribution in [0.1, 0.15) is 26.7 Å². The maximum Gasteiger partial charge on any atom is 0.0724 e. The molecule has 0 aromatic rings. The molecule has 4 nitrogen and oxygen atoms in total. The van der Waals surface area contributed by atoms with Crippen molar-refractivity contribution in [2.75, 3.05) is 39.9 Å². The lowest BCUT2D eigenvalue weighted by Gasteiger charge is -2.36. The lowest BCUT2D eigenvalue weighted by atomic mass is 9.95. The highest BCUT2D eigenvalue weighted by atomic mass is 16.5. The van der Waals surface area contributed by atoms with Crippen molar-refractivity contribution in [2.24, 2.45) is 11.7 Å². The molecule has 1 fully saturated rings. The van der Waals surface area contributed by atoms with E-state index in [1.807, 2.05) is 14.0 Å². The van der Waals surface area contributed by atoms with E-state index in [4.69, 9.17) is 15.2 Å². The van der Waals surface area contributed by atoms with E-state index in [0.29, 0.717) is 18.6 Å². The first kappa shape index (κ1) is 14.9. The van der Waals surface area contributed by atoms with E-state index in [9.17, 15) is 0 Å². The molecule has 0 spiro atoms. The van der Waals surface area contributed by atoms with E-state index in [0.717, 1.165) is 26.1 Å². The lowest BCUT2D eigenvalue weighted by molar-refractivity contribution is -0.0123. The number of rotatable bonds is 7. The second-order valence-electron chi connectivity index (χ2n) is 4.94. The molecule has 0 saturated carbocycles. The van der Waals surface area contributed by atoms with E-state index in [-0.39, 0.29) is 6.10 Å². The third-order valence-electron chi connectivity index (χ3n) is 3.71. The van der Waals surface area contributed by atoms with Gasteiger partial charge in [-0.25, -0.2) is 0 Å². The molecule has 0 aromatic carbocycles. The summed E-state index contributed by atoms with van der Waals surface area (Å²) >= 11 is 0. The maximum absolute atomic E-state index is 5.68. The number of ether oxygens (including phenoxy) is 2. The Morgan fingerprint density at radius 3 is 2.82 bits per heavy atom. The topological polar surface area (TPSA) is 47.7 Å². The zero-order valence-electron chi connectivity index (χ0n) is 11.5. The van der Waals surface area contributed by atoms with Gasteiger partial charge >= 0.3 is 0 Å². The lowest BCUT2D eigenvalue weighted by Crippen LogP contribution is -2.45. The average molecular weight is 244 g/mol. The van der Waals surface area contributed by atoms with Crippen molar-refractivity contribution in [1.82, 2.24) is 4.90 Å². The molecule has 1 rings (SSSR count). The third kappa shape index (κ3) is 4.92. The Balaban J connectivity index is 2.27. The first-order chi connectivity index (χ1) is 8.21. The maximum atomic E-state index is 5.68. The van der Waals surface area contributed by atoms with Crippen molar-refractivity contribution in [1.29, 1.82) is 0 Å². The first-order valence-corrected chi connectivity index (χ1v) is 6.78. The molecule has 2 N–H and O–H groups in total. The Morgan fingerprint density at radius 2 is 2.24 bits per heavy atom. The Morgan fingerprint density at radius 1 is 1.47 bits per heavy atom. The summed E-state index contributed by atoms with van der Waals surface area (Å²) in [5, 5.41) is 0. The number of nitrogens with two attached hydrogens (primary N) is 1. The molecular weight excluding hydrogens is 216 g/mol. The molecule has 3 unspecified atom stereocenters. The van der Waals surface area contributed by atoms with Crippen LogP contribution in [0.2, 0.25) is 0 Å². The highest BCUT2D eigenvalue weighted by Gasteiger charge is 2.25. The van der Waals surface area contributed by atoms with Crippen LogP contribution in [0.25, 0.3) is 0 Å². The number of likely N-dealkylation sites (tertiary alicyclic amines) is 1. The Hall–Kier alpha value is -0.160. The number of piperidine rings is 1. The minimum absolute atomic E-state index is 0.209. The molecule has 1 saturated heterocycles. The minimum Gasteiger partial charge on any atom is -0.380 e. The Kier molecular flexibility index (Phi) is 7.04. The van der Waals surface area contributed by atoms with Crippen LogP contribution in [0.4, 0.5) is 0 Å². The first-order valence-electron chi connectivity index (χ1n) is 6.78. The Bertz CT molecular complexity index is 202. The number of hydrogen-bond donors (Lipinski definition) is 1. The summed E-state index contributed by atoms with van der Waals surface area (Å²) in [5.74, 6) is 0.674. The van der Waals surface area contributed by atoms with E-state index >= 15 is 0 Å². The van der Waals surface area contributed by atoms with Crippen LogP contribution in [0.5, 0.6) is 0 Å². The molecule has 3 atom stereocenters. The van der Waals surface area contributed by atoms with Gasteiger partial charge in [0, 0.05) is 33.4 Å². The normalized spacial score (nSPS) is 28.2. The highest BCUT2D eigenvalue weighted by Crippen LogP contribution is 2.19. The van der Waals surface area contributed by atoms with Gasteiger partial charge in [0.2, 0.25) is 0 Å². The zero-order chi connectivity index (χ0) is 12.7. The molecule has 1 aliphatic rings. The summed E-state index contributed by atoms with van der Waals surface area (Å²) in [7, 11) is 1.81. The van der Waals surface area contributed by atoms with Gasteiger partial charge in [0.1, 0.15) is 0 Å². The van der Waals surface area contributed by atoms with E-state index in [1.54, 1.807) is 0 Å². The highest BCUT2D eigenvalue weighted by molar-refractivity contribution is 4.79. The molecule has 0 aliphatic carbocycles. The summed E-state index contributed by atoms with van der Waals surface area (Å²) in [5.41, 5.74) is 5.68. The minimum atomic E-state index is 0.209. The van der Waals surface area contributed by atoms with Crippen molar-refractivity contribution in [3.8, 4) is 0 Å². The van der Waals surface area contributed by atoms with Crippen molar-refractivity contribution in [3.63, 3.8) is 0 Å². The van der Waals surface area contributed by atoms with Crippen LogP contribution in [-0.4, -0.2) is 57.0 Å². The predicted octanol–water partition coefficient (Wildman–Crippen LogP) is 1.10. The smallest absolute Gasteiger partial charge is 0.0724 e. The molecule has 0 amide bonds. The summed E-state index contributed by atoms with van der Waals surface area (Å²) in [6.45, 7) is 8.94. The molecule has 102 valence electrons. The third-order valence-corrected chi connectivity index (χ3v) is 3.71. The van der Waals surface area contributed by atoms with Crippen LogP contribution in [0.15, 0.2) is 0 Å². The van der Waals surface area contributed by atoms with Gasteiger partial charge in [-0.15, -0.1) is 0 Å². The van der Waals surface area contributed by atoms with Crippen LogP contribution < -0.4 is 5.73 Å². The van der Waals surface area contributed by atoms with E-state index < -0.39 is 0 Å². The molecular formula is C13H28N2O2. The monoisotopic (exact) mass is 244 g/mol. The van der Waals surface area contributed by atoms with E-state index in [1.165, 1.54) is 13.0 Å². The molecule has 1 aliphatic heterocycles. The standard InChI is InChI=1S/C13H28N2O2/c1-4-17-12(9-14)6-8-15-7-5-11(2)13(10-15)16-3/h11-13H,4-10,14H2,1-3H3. The average Bonchev–Trinajstić information content (AvgIpc) is 2.36. The van der Waals surface area contributed by atoms with Gasteiger partial charge < -0.3 is 20.1 Å². The van der Waals surface area contributed by atoms with Crippen molar-refractivity contribution in [3.05, 3.63) is 0 Å². The van der Waals surface area contributed by atoms with Gasteiger partial charge in [0.25, 0.3) is 0 Å². The van der Waals surface area contributed by atoms with Gasteiger partial charge in [-0.3, -0.25) is 0 Å². The second kappa shape index (κ2) is 8.03. The molecule has 4 heteroatoms. The van der Waals surface area contributed by atoms with Crippen LogP contribution in [-0.2, 0) is 9.47 Å². The zero-order valence-corrected chi connectivity index (χ0v) is 11.5. The van der Waals surface area contributed by atoms with Crippen LogP contribution in [0, 0.1) is 5.92 Å². The fourth-order valence-corrected chi connectivity index (χ4v) is 2.44. The summed E-state index contributed by atoms with van der Waals surface area (Å²) in [6.07, 6.45) is 2.84. The predicted molar refractivity (Wildman–Crippen MR) is 70.1 cm³/mol. The van der Waals surface area contributed by atoms with Gasteiger partial charge in [-0.2, -0.15) is 0 Å². The van der Waals surface area contributed by atoms with Gasteiger partial charge in [0.05, 0.1) is 12.2 Å². The molecule has 17 heavy (non-hydrogen) atoms. The van der Waals surface area contributed by atoms with E-state index in [2.05, 4.69) is 11.8 Å². The van der Waals surface area contributed by atoms with Crippen LogP contribution in [0.3, 0.4) is 0 Å². The van der Waals surface area contributed by atoms with Gasteiger partial charge in [0.15, 0.2) is 0 Å². The van der Waals surface area contributed by atoms with Crippen molar-refractivity contribution >= 4 is 0 Å². The number of methoxy groups -OCH3 is 1.